The summed E-state index contributed by atoms with van der Waals surface area (Å²) in [4.78, 5) is 5.51. The van der Waals surface area contributed by atoms with Gasteiger partial charge in [-0.25, -0.2) is 9.07 Å². The predicted octanol–water partition coefficient (Wildman–Crippen LogP) is 5.07. The van der Waals surface area contributed by atoms with E-state index in [2.05, 4.69) is 0 Å². The van der Waals surface area contributed by atoms with Crippen molar-refractivity contribution in [2.24, 2.45) is 10.1 Å². The molecule has 1 aliphatic heterocycles. The van der Waals surface area contributed by atoms with Crippen LogP contribution in [0.15, 0.2) is 88.3 Å². The molecule has 0 fully saturated rings. The molecule has 0 bridgehead atoms. The SMILES string of the molecule is Fc1ccc(-c2csc(=NCc3ccccc3)n2N=Cc2ccc3c(c2)OCO3)cc1. The van der Waals surface area contributed by atoms with E-state index in [1.54, 1.807) is 23.0 Å². The van der Waals surface area contributed by atoms with Crippen molar-refractivity contribution in [3.05, 3.63) is 99.9 Å². The molecular weight excluding hydrogens is 413 g/mol. The molecule has 154 valence electrons. The zero-order valence-electron chi connectivity index (χ0n) is 16.4. The maximum Gasteiger partial charge on any atom is 0.231 e. The van der Waals surface area contributed by atoms with E-state index in [1.807, 2.05) is 53.9 Å². The number of hydrogen-bond donors (Lipinski definition) is 0. The van der Waals surface area contributed by atoms with Gasteiger partial charge >= 0.3 is 0 Å². The molecule has 4 aromatic rings. The second-order valence-corrected chi connectivity index (χ2v) is 7.72. The predicted molar refractivity (Wildman–Crippen MR) is 119 cm³/mol. The van der Waals surface area contributed by atoms with Crippen molar-refractivity contribution in [3.8, 4) is 22.8 Å². The molecule has 0 aliphatic carbocycles. The first kappa shape index (κ1) is 19.3. The van der Waals surface area contributed by atoms with Crippen molar-refractivity contribution in [2.75, 3.05) is 6.79 Å². The summed E-state index contributed by atoms with van der Waals surface area (Å²) in [5.74, 6) is 1.15. The molecule has 0 saturated heterocycles. The Kier molecular flexibility index (Phi) is 5.33. The van der Waals surface area contributed by atoms with Gasteiger partial charge in [-0.1, -0.05) is 30.3 Å². The van der Waals surface area contributed by atoms with E-state index in [-0.39, 0.29) is 12.6 Å². The Bertz CT molecular complexity index is 1290. The largest absolute Gasteiger partial charge is 0.454 e. The van der Waals surface area contributed by atoms with Gasteiger partial charge in [0.15, 0.2) is 11.5 Å². The van der Waals surface area contributed by atoms with Gasteiger partial charge in [-0.15, -0.1) is 11.3 Å². The summed E-state index contributed by atoms with van der Waals surface area (Å²) >= 11 is 1.49. The van der Waals surface area contributed by atoms with Crippen LogP contribution in [0.2, 0.25) is 0 Å². The fourth-order valence-corrected chi connectivity index (χ4v) is 4.04. The zero-order chi connectivity index (χ0) is 21.0. The first-order chi connectivity index (χ1) is 15.3. The van der Waals surface area contributed by atoms with Crippen LogP contribution in [0.5, 0.6) is 11.5 Å². The third-order valence-corrected chi connectivity index (χ3v) is 5.64. The standard InChI is InChI=1S/C24H18FN3O2S/c25-20-9-7-19(8-10-20)21-15-31-24(26-13-17-4-2-1-3-5-17)28(21)27-14-18-6-11-22-23(12-18)30-16-29-22/h1-12,14-15H,13,16H2. The molecular formula is C24H18FN3O2S. The maximum absolute atomic E-state index is 13.4. The number of thiazole rings is 1. The Morgan fingerprint density at radius 3 is 2.61 bits per heavy atom. The topological polar surface area (TPSA) is 48.1 Å². The number of ether oxygens (including phenoxy) is 2. The van der Waals surface area contributed by atoms with Crippen LogP contribution in [0.3, 0.4) is 0 Å². The summed E-state index contributed by atoms with van der Waals surface area (Å²) in [7, 11) is 0. The fourth-order valence-electron chi connectivity index (χ4n) is 3.20. The minimum Gasteiger partial charge on any atom is -0.454 e. The van der Waals surface area contributed by atoms with E-state index in [9.17, 15) is 4.39 Å². The summed E-state index contributed by atoms with van der Waals surface area (Å²) in [5, 5.41) is 6.67. The van der Waals surface area contributed by atoms with Crippen LogP contribution in [0, 0.1) is 5.82 Å². The molecule has 0 amide bonds. The quantitative estimate of drug-likeness (QED) is 0.415. The third kappa shape index (κ3) is 4.27. The summed E-state index contributed by atoms with van der Waals surface area (Å²) in [5.41, 5.74) is 3.70. The maximum atomic E-state index is 13.4. The minimum atomic E-state index is -0.275. The molecule has 0 radical (unpaired) electrons. The molecule has 2 heterocycles. The van der Waals surface area contributed by atoms with Crippen LogP contribution in [0.25, 0.3) is 11.3 Å². The number of halogens is 1. The first-order valence-corrected chi connectivity index (χ1v) is 10.6. The lowest BCUT2D eigenvalue weighted by Gasteiger charge is -2.04. The van der Waals surface area contributed by atoms with Gasteiger partial charge < -0.3 is 9.47 Å². The zero-order valence-corrected chi connectivity index (χ0v) is 17.3. The van der Waals surface area contributed by atoms with Crippen molar-refractivity contribution < 1.29 is 13.9 Å². The number of rotatable bonds is 5. The number of hydrogen-bond acceptors (Lipinski definition) is 5. The van der Waals surface area contributed by atoms with Crippen LogP contribution in [-0.4, -0.2) is 17.7 Å². The third-order valence-electron chi connectivity index (χ3n) is 4.78. The number of nitrogens with zero attached hydrogens (tertiary/aromatic N) is 3. The molecule has 3 aromatic carbocycles. The lowest BCUT2D eigenvalue weighted by Crippen LogP contribution is -2.12. The lowest BCUT2D eigenvalue weighted by atomic mass is 10.2. The molecule has 0 unspecified atom stereocenters. The molecule has 31 heavy (non-hydrogen) atoms. The Labute approximate surface area is 182 Å². The van der Waals surface area contributed by atoms with Crippen LogP contribution in [0.1, 0.15) is 11.1 Å². The van der Waals surface area contributed by atoms with Crippen molar-refractivity contribution in [1.29, 1.82) is 0 Å². The number of fused-ring (bicyclic) bond motifs is 1. The van der Waals surface area contributed by atoms with Gasteiger partial charge in [-0.3, -0.25) is 4.99 Å². The van der Waals surface area contributed by atoms with Crippen molar-refractivity contribution in [3.63, 3.8) is 0 Å². The van der Waals surface area contributed by atoms with Gasteiger partial charge in [0.25, 0.3) is 0 Å². The fraction of sp³-hybridized carbons (Fsp3) is 0.0833. The average Bonchev–Trinajstić information content (AvgIpc) is 3.44. The summed E-state index contributed by atoms with van der Waals surface area (Å²) < 4.78 is 26.0. The second kappa shape index (κ2) is 8.57. The number of aromatic nitrogens is 1. The smallest absolute Gasteiger partial charge is 0.231 e. The Balaban J connectivity index is 1.53. The monoisotopic (exact) mass is 431 g/mol. The van der Waals surface area contributed by atoms with Gasteiger partial charge in [-0.2, -0.15) is 5.10 Å². The van der Waals surface area contributed by atoms with Gasteiger partial charge in [0.05, 0.1) is 18.5 Å². The van der Waals surface area contributed by atoms with E-state index in [0.29, 0.717) is 12.3 Å². The van der Waals surface area contributed by atoms with Gasteiger partial charge in [0.2, 0.25) is 11.6 Å². The molecule has 7 heteroatoms. The van der Waals surface area contributed by atoms with Crippen LogP contribution >= 0.6 is 11.3 Å². The molecule has 5 rings (SSSR count). The molecule has 1 aliphatic rings. The highest BCUT2D eigenvalue weighted by molar-refractivity contribution is 7.07. The first-order valence-electron chi connectivity index (χ1n) is 9.71. The molecule has 0 N–H and O–H groups in total. The van der Waals surface area contributed by atoms with E-state index < -0.39 is 0 Å². The molecule has 5 nitrogen and oxygen atoms in total. The Hall–Kier alpha value is -3.71. The van der Waals surface area contributed by atoms with Gasteiger partial charge in [-0.05, 0) is 53.6 Å². The highest BCUT2D eigenvalue weighted by atomic mass is 32.1. The van der Waals surface area contributed by atoms with Crippen molar-refractivity contribution in [1.82, 2.24) is 4.68 Å². The molecule has 0 atom stereocenters. The lowest BCUT2D eigenvalue weighted by molar-refractivity contribution is 0.174. The molecule has 0 saturated carbocycles. The van der Waals surface area contributed by atoms with Crippen molar-refractivity contribution >= 4 is 17.6 Å². The van der Waals surface area contributed by atoms with Crippen LogP contribution in [0.4, 0.5) is 4.39 Å². The van der Waals surface area contributed by atoms with E-state index in [0.717, 1.165) is 32.9 Å². The summed E-state index contributed by atoms with van der Waals surface area (Å²) in [6.07, 6.45) is 1.75. The van der Waals surface area contributed by atoms with Gasteiger partial charge in [0.1, 0.15) is 5.82 Å². The van der Waals surface area contributed by atoms with E-state index in [4.69, 9.17) is 19.6 Å². The van der Waals surface area contributed by atoms with Crippen LogP contribution < -0.4 is 14.3 Å². The van der Waals surface area contributed by atoms with Crippen molar-refractivity contribution in [2.45, 2.75) is 6.54 Å². The average molecular weight is 431 g/mol. The highest BCUT2D eigenvalue weighted by Crippen LogP contribution is 2.32. The van der Waals surface area contributed by atoms with E-state index >= 15 is 0 Å². The van der Waals surface area contributed by atoms with Gasteiger partial charge in [0, 0.05) is 10.9 Å². The highest BCUT2D eigenvalue weighted by Gasteiger charge is 2.13. The van der Waals surface area contributed by atoms with E-state index in [1.165, 1.54) is 23.5 Å². The summed E-state index contributed by atoms with van der Waals surface area (Å²) in [6, 6.07) is 22.1. The Morgan fingerprint density at radius 2 is 1.77 bits per heavy atom. The summed E-state index contributed by atoms with van der Waals surface area (Å²) in [6.45, 7) is 0.774. The van der Waals surface area contributed by atoms with Crippen LogP contribution in [-0.2, 0) is 6.54 Å². The number of benzene rings is 3. The molecule has 1 aromatic heterocycles. The molecule has 0 spiro atoms. The second-order valence-electron chi connectivity index (χ2n) is 6.88. The Morgan fingerprint density at radius 1 is 0.968 bits per heavy atom. The normalized spacial score (nSPS) is 13.3. The minimum absolute atomic E-state index is 0.229.